The zero-order valence-electron chi connectivity index (χ0n) is 25.8. The van der Waals surface area contributed by atoms with Crippen molar-refractivity contribution in [2.45, 2.75) is 6.23 Å². The van der Waals surface area contributed by atoms with Crippen LogP contribution in [0.3, 0.4) is 0 Å². The van der Waals surface area contributed by atoms with Gasteiger partial charge in [-0.2, -0.15) is 5.10 Å². The summed E-state index contributed by atoms with van der Waals surface area (Å²) in [4.78, 5) is 24.3. The second kappa shape index (κ2) is 14.3. The van der Waals surface area contributed by atoms with Gasteiger partial charge in [0.2, 0.25) is 5.95 Å². The Labute approximate surface area is 277 Å². The fourth-order valence-electron chi connectivity index (χ4n) is 4.98. The summed E-state index contributed by atoms with van der Waals surface area (Å²) in [6.45, 7) is 0.723. The van der Waals surface area contributed by atoms with E-state index in [0.29, 0.717) is 39.3 Å². The Balaban J connectivity index is 1.18. The summed E-state index contributed by atoms with van der Waals surface area (Å²) in [6.07, 6.45) is 6.18. The largest absolute Gasteiger partial charge is 0.370 e. The van der Waals surface area contributed by atoms with Crippen molar-refractivity contribution in [3.05, 3.63) is 132 Å². The van der Waals surface area contributed by atoms with Crippen molar-refractivity contribution >= 4 is 46.0 Å². The van der Waals surface area contributed by atoms with Crippen LogP contribution in [0.15, 0.2) is 122 Å². The van der Waals surface area contributed by atoms with Gasteiger partial charge in [0.25, 0.3) is 5.91 Å². The first-order valence-corrected chi connectivity index (χ1v) is 15.3. The fourth-order valence-corrected chi connectivity index (χ4v) is 5.16. The minimum atomic E-state index is -0.837. The van der Waals surface area contributed by atoms with Crippen LogP contribution in [0.25, 0.3) is 28.0 Å². The zero-order valence-corrected chi connectivity index (χ0v) is 26.6. The number of nitrogens with zero attached hydrogens (tertiary/aromatic N) is 5. The van der Waals surface area contributed by atoms with Crippen LogP contribution < -0.4 is 16.0 Å². The highest BCUT2D eigenvalue weighted by atomic mass is 35.5. The molecule has 0 saturated carbocycles. The van der Waals surface area contributed by atoms with E-state index in [4.69, 9.17) is 21.7 Å². The first-order valence-electron chi connectivity index (χ1n) is 14.9. The molecule has 0 aliphatic carbocycles. The summed E-state index contributed by atoms with van der Waals surface area (Å²) in [7, 11) is 3.91. The van der Waals surface area contributed by atoms with Crippen molar-refractivity contribution in [3.63, 3.8) is 0 Å². The van der Waals surface area contributed by atoms with E-state index in [2.05, 4.69) is 20.9 Å². The van der Waals surface area contributed by atoms with Crippen LogP contribution in [0.4, 0.5) is 23.0 Å². The standard InChI is InChI=1S/C36H33ClN8O2/c1-44(2)20-9-15-31(46)39-26-18-16-25(17-19-26)35(47)40-27-12-8-13-28(22-27)41-36-38-23-29(37)34(42-36)32-30-14-6-7-21-45(30)43-33(32)24-10-4-3-5-11-24/h3-19,21-23,31,39,46H,20H2,1-2H3,(H,40,47)(H,38,41,42)/b15-9+. The SMILES string of the molecule is CN(C)C/C=C/C(O)Nc1ccc(C(=O)Nc2cccc(Nc3ncc(Cl)c(-c4c(-c5ccccc5)nn5ccccc45)n3)c2)cc1. The first-order chi connectivity index (χ1) is 22.8. The van der Waals surface area contributed by atoms with Gasteiger partial charge in [0.05, 0.1) is 28.0 Å². The maximum absolute atomic E-state index is 13.0. The number of carbonyl (C=O) groups excluding carboxylic acids is 1. The van der Waals surface area contributed by atoms with Gasteiger partial charge in [-0.1, -0.05) is 60.1 Å². The summed E-state index contributed by atoms with van der Waals surface area (Å²) in [5.41, 5.74) is 6.33. The third kappa shape index (κ3) is 7.64. The first kappa shape index (κ1) is 31.4. The van der Waals surface area contributed by atoms with Crippen LogP contribution >= 0.6 is 11.6 Å². The number of carbonyl (C=O) groups is 1. The minimum Gasteiger partial charge on any atom is -0.370 e. The summed E-state index contributed by atoms with van der Waals surface area (Å²) in [5, 5.41) is 24.6. The van der Waals surface area contributed by atoms with Crippen molar-refractivity contribution in [3.8, 4) is 22.5 Å². The lowest BCUT2D eigenvalue weighted by Crippen LogP contribution is -2.17. The Morgan fingerprint density at radius 3 is 2.49 bits per heavy atom. The highest BCUT2D eigenvalue weighted by Crippen LogP contribution is 2.38. The molecule has 3 aromatic carbocycles. The molecule has 0 saturated heterocycles. The predicted molar refractivity (Wildman–Crippen MR) is 188 cm³/mol. The van der Waals surface area contributed by atoms with Crippen LogP contribution in [0.2, 0.25) is 5.02 Å². The molecule has 0 fully saturated rings. The lowest BCUT2D eigenvalue weighted by molar-refractivity contribution is 0.102. The van der Waals surface area contributed by atoms with Crippen molar-refractivity contribution in [2.75, 3.05) is 36.6 Å². The van der Waals surface area contributed by atoms with Gasteiger partial charge < -0.3 is 26.0 Å². The number of pyridine rings is 1. The number of likely N-dealkylation sites (N-methyl/N-ethyl adjacent to an activating group) is 1. The van der Waals surface area contributed by atoms with E-state index < -0.39 is 6.23 Å². The Morgan fingerprint density at radius 2 is 1.70 bits per heavy atom. The Morgan fingerprint density at radius 1 is 0.936 bits per heavy atom. The molecule has 6 rings (SSSR count). The number of halogens is 1. The molecular formula is C36H33ClN8O2. The maximum Gasteiger partial charge on any atom is 0.255 e. The minimum absolute atomic E-state index is 0.272. The van der Waals surface area contributed by atoms with Crippen LogP contribution in [-0.4, -0.2) is 62.4 Å². The second-order valence-corrected chi connectivity index (χ2v) is 11.4. The molecule has 1 amide bonds. The molecule has 0 spiro atoms. The number of amides is 1. The normalized spacial score (nSPS) is 12.0. The molecule has 0 aliphatic heterocycles. The number of fused-ring (bicyclic) bond motifs is 1. The summed E-state index contributed by atoms with van der Waals surface area (Å²) >= 11 is 6.70. The van der Waals surface area contributed by atoms with Crippen LogP contribution in [0.1, 0.15) is 10.4 Å². The third-order valence-electron chi connectivity index (χ3n) is 7.20. The van der Waals surface area contributed by atoms with Gasteiger partial charge in [0.15, 0.2) is 0 Å². The quantitative estimate of drug-likeness (QED) is 0.0883. The molecule has 1 atom stereocenters. The van der Waals surface area contributed by atoms with Crippen molar-refractivity contribution in [1.29, 1.82) is 0 Å². The van der Waals surface area contributed by atoms with E-state index in [9.17, 15) is 9.90 Å². The molecule has 0 radical (unpaired) electrons. The van der Waals surface area contributed by atoms with Crippen molar-refractivity contribution < 1.29 is 9.90 Å². The molecule has 3 heterocycles. The van der Waals surface area contributed by atoms with Gasteiger partial charge in [0, 0.05) is 40.9 Å². The molecule has 0 aliphatic rings. The number of aromatic nitrogens is 4. The molecule has 4 N–H and O–H groups in total. The molecule has 236 valence electrons. The van der Waals surface area contributed by atoms with E-state index in [-0.39, 0.29) is 5.91 Å². The van der Waals surface area contributed by atoms with E-state index in [1.54, 1.807) is 48.7 Å². The smallest absolute Gasteiger partial charge is 0.255 e. The predicted octanol–water partition coefficient (Wildman–Crippen LogP) is 6.96. The van der Waals surface area contributed by atoms with Gasteiger partial charge in [-0.05, 0) is 74.8 Å². The number of aliphatic hydroxyl groups is 1. The van der Waals surface area contributed by atoms with Gasteiger partial charge in [0.1, 0.15) is 11.9 Å². The molecule has 0 bridgehead atoms. The molecule has 6 aromatic rings. The number of hydrogen-bond donors (Lipinski definition) is 4. The average Bonchev–Trinajstić information content (AvgIpc) is 3.46. The number of hydrogen-bond acceptors (Lipinski definition) is 8. The van der Waals surface area contributed by atoms with E-state index in [1.807, 2.05) is 96.4 Å². The Hall–Kier alpha value is -5.55. The number of anilines is 4. The number of rotatable bonds is 11. The molecule has 11 heteroatoms. The summed E-state index contributed by atoms with van der Waals surface area (Å²) in [6, 6.07) is 29.9. The average molecular weight is 645 g/mol. The lowest BCUT2D eigenvalue weighted by Gasteiger charge is -2.12. The Bertz CT molecular complexity index is 2030. The lowest BCUT2D eigenvalue weighted by atomic mass is 10.0. The topological polar surface area (TPSA) is 120 Å². The van der Waals surface area contributed by atoms with Gasteiger partial charge in [-0.25, -0.2) is 14.5 Å². The fraction of sp³-hybridized carbons (Fsp3) is 0.111. The molecule has 10 nitrogen and oxygen atoms in total. The van der Waals surface area contributed by atoms with Crippen LogP contribution in [0.5, 0.6) is 0 Å². The maximum atomic E-state index is 13.0. The van der Waals surface area contributed by atoms with E-state index in [1.165, 1.54) is 0 Å². The van der Waals surface area contributed by atoms with E-state index in [0.717, 1.165) is 28.9 Å². The number of nitrogens with one attached hydrogen (secondary N) is 3. The summed E-state index contributed by atoms with van der Waals surface area (Å²) < 4.78 is 1.81. The van der Waals surface area contributed by atoms with Gasteiger partial charge in [-0.15, -0.1) is 0 Å². The monoisotopic (exact) mass is 644 g/mol. The molecule has 3 aromatic heterocycles. The Kier molecular flexibility index (Phi) is 9.53. The number of aliphatic hydroxyl groups excluding tert-OH is 1. The van der Waals surface area contributed by atoms with Crippen molar-refractivity contribution in [1.82, 2.24) is 24.5 Å². The molecule has 1 unspecified atom stereocenters. The highest BCUT2D eigenvalue weighted by molar-refractivity contribution is 6.33. The molecule has 47 heavy (non-hydrogen) atoms. The second-order valence-electron chi connectivity index (χ2n) is 11.0. The summed E-state index contributed by atoms with van der Waals surface area (Å²) in [5.74, 6) is 0.0655. The zero-order chi connectivity index (χ0) is 32.8. The van der Waals surface area contributed by atoms with Crippen LogP contribution in [-0.2, 0) is 0 Å². The number of benzene rings is 3. The molecular weight excluding hydrogens is 612 g/mol. The van der Waals surface area contributed by atoms with Crippen molar-refractivity contribution in [2.24, 2.45) is 0 Å². The van der Waals surface area contributed by atoms with Gasteiger partial charge in [-0.3, -0.25) is 4.79 Å². The third-order valence-corrected chi connectivity index (χ3v) is 7.47. The highest BCUT2D eigenvalue weighted by Gasteiger charge is 2.21. The van der Waals surface area contributed by atoms with Crippen LogP contribution in [0, 0.1) is 0 Å². The van der Waals surface area contributed by atoms with E-state index >= 15 is 0 Å². The van der Waals surface area contributed by atoms with Gasteiger partial charge >= 0.3 is 0 Å².